The third-order valence-corrected chi connectivity index (χ3v) is 7.13. The molecule has 1 aromatic carbocycles. The normalized spacial score (nSPS) is 20.3. The average Bonchev–Trinajstić information content (AvgIpc) is 2.32. The monoisotopic (exact) mass is 368 g/mol. The molecule has 0 aromatic heterocycles. The standard InChI is InChI=1S/C10H13BrN2O4S2/c11-9-2-1-8(7-10(9)12)19(16,17)13-3-5-18(14,15)6-4-13/h1-2,7H,3-6,12H2. The van der Waals surface area contributed by atoms with Gasteiger partial charge in [-0.15, -0.1) is 0 Å². The highest BCUT2D eigenvalue weighted by atomic mass is 79.9. The number of hydrogen-bond acceptors (Lipinski definition) is 5. The fourth-order valence-electron chi connectivity index (χ4n) is 1.77. The molecule has 0 saturated carbocycles. The van der Waals surface area contributed by atoms with Gasteiger partial charge in [-0.3, -0.25) is 0 Å². The van der Waals surface area contributed by atoms with Crippen molar-refractivity contribution in [3.63, 3.8) is 0 Å². The molecule has 6 nitrogen and oxygen atoms in total. The number of nitrogen functional groups attached to an aromatic ring is 1. The van der Waals surface area contributed by atoms with Crippen molar-refractivity contribution in [2.24, 2.45) is 0 Å². The molecular weight excluding hydrogens is 356 g/mol. The molecular formula is C10H13BrN2O4S2. The molecule has 1 aliphatic rings. The second-order valence-corrected chi connectivity index (χ2v) is 9.34. The van der Waals surface area contributed by atoms with E-state index >= 15 is 0 Å². The molecule has 1 heterocycles. The van der Waals surface area contributed by atoms with Crippen molar-refractivity contribution in [3.8, 4) is 0 Å². The molecule has 1 saturated heterocycles. The summed E-state index contributed by atoms with van der Waals surface area (Å²) >= 11 is 3.19. The van der Waals surface area contributed by atoms with E-state index in [4.69, 9.17) is 5.73 Å². The summed E-state index contributed by atoms with van der Waals surface area (Å²) in [4.78, 5) is 0.0764. The van der Waals surface area contributed by atoms with Crippen molar-refractivity contribution in [2.45, 2.75) is 4.90 Å². The van der Waals surface area contributed by atoms with Crippen LogP contribution in [-0.2, 0) is 19.9 Å². The molecule has 0 unspecified atom stereocenters. The van der Waals surface area contributed by atoms with E-state index in [1.165, 1.54) is 16.4 Å². The van der Waals surface area contributed by atoms with Gasteiger partial charge in [0, 0.05) is 23.2 Å². The minimum absolute atomic E-state index is 0.0133. The molecule has 0 amide bonds. The van der Waals surface area contributed by atoms with E-state index in [2.05, 4.69) is 15.9 Å². The predicted molar refractivity (Wildman–Crippen MR) is 76.0 cm³/mol. The van der Waals surface area contributed by atoms with Gasteiger partial charge in [-0.2, -0.15) is 4.31 Å². The van der Waals surface area contributed by atoms with Crippen molar-refractivity contribution in [2.75, 3.05) is 30.3 Å². The Balaban J connectivity index is 2.30. The number of nitrogens with two attached hydrogens (primary N) is 1. The number of benzene rings is 1. The largest absolute Gasteiger partial charge is 0.398 e. The predicted octanol–water partition coefficient (Wildman–Crippen LogP) is 0.450. The smallest absolute Gasteiger partial charge is 0.243 e. The van der Waals surface area contributed by atoms with Crippen LogP contribution in [0, 0.1) is 0 Å². The van der Waals surface area contributed by atoms with Crippen LogP contribution in [-0.4, -0.2) is 45.7 Å². The molecule has 2 N–H and O–H groups in total. The highest BCUT2D eigenvalue weighted by Gasteiger charge is 2.31. The van der Waals surface area contributed by atoms with Gasteiger partial charge in [0.05, 0.1) is 16.4 Å². The molecule has 1 aromatic rings. The van der Waals surface area contributed by atoms with Crippen LogP contribution in [0.25, 0.3) is 0 Å². The van der Waals surface area contributed by atoms with Crippen LogP contribution < -0.4 is 5.73 Å². The molecule has 19 heavy (non-hydrogen) atoms. The first-order chi connectivity index (χ1) is 8.72. The van der Waals surface area contributed by atoms with Crippen LogP contribution in [0.2, 0.25) is 0 Å². The fraction of sp³-hybridized carbons (Fsp3) is 0.400. The Morgan fingerprint density at radius 2 is 1.79 bits per heavy atom. The first-order valence-electron chi connectivity index (χ1n) is 5.48. The Kier molecular flexibility index (Phi) is 3.92. The lowest BCUT2D eigenvalue weighted by Gasteiger charge is -2.26. The number of anilines is 1. The Bertz CT molecular complexity index is 686. The zero-order valence-corrected chi connectivity index (χ0v) is 13.1. The van der Waals surface area contributed by atoms with E-state index in [0.29, 0.717) is 10.2 Å². The zero-order valence-electron chi connectivity index (χ0n) is 9.91. The van der Waals surface area contributed by atoms with Crippen molar-refractivity contribution in [1.29, 1.82) is 0 Å². The van der Waals surface area contributed by atoms with Crippen molar-refractivity contribution in [1.82, 2.24) is 4.31 Å². The second kappa shape index (κ2) is 5.04. The van der Waals surface area contributed by atoms with Gasteiger partial charge in [-0.25, -0.2) is 16.8 Å². The number of hydrogen-bond donors (Lipinski definition) is 1. The topological polar surface area (TPSA) is 97.5 Å². The SMILES string of the molecule is Nc1cc(S(=O)(=O)N2CCS(=O)(=O)CC2)ccc1Br. The summed E-state index contributed by atoms with van der Waals surface area (Å²) < 4.78 is 49.1. The van der Waals surface area contributed by atoms with Gasteiger partial charge >= 0.3 is 0 Å². The van der Waals surface area contributed by atoms with Gasteiger partial charge in [0.1, 0.15) is 0 Å². The van der Waals surface area contributed by atoms with Crippen LogP contribution in [0.5, 0.6) is 0 Å². The Hall–Kier alpha value is -0.640. The highest BCUT2D eigenvalue weighted by molar-refractivity contribution is 9.10. The molecule has 0 atom stereocenters. The maximum Gasteiger partial charge on any atom is 0.243 e. The molecule has 0 aliphatic carbocycles. The lowest BCUT2D eigenvalue weighted by atomic mass is 10.3. The average molecular weight is 369 g/mol. The van der Waals surface area contributed by atoms with E-state index in [0.717, 1.165) is 0 Å². The van der Waals surface area contributed by atoms with Crippen LogP contribution in [0.15, 0.2) is 27.6 Å². The van der Waals surface area contributed by atoms with Gasteiger partial charge in [0.15, 0.2) is 9.84 Å². The van der Waals surface area contributed by atoms with E-state index in [1.54, 1.807) is 6.07 Å². The third-order valence-electron chi connectivity index (χ3n) is 2.91. The summed E-state index contributed by atoms with van der Waals surface area (Å²) in [6.45, 7) is -0.0265. The van der Waals surface area contributed by atoms with E-state index < -0.39 is 19.9 Å². The van der Waals surface area contributed by atoms with Crippen molar-refractivity contribution < 1.29 is 16.8 Å². The first kappa shape index (κ1) is 14.8. The van der Waals surface area contributed by atoms with Gasteiger partial charge in [-0.1, -0.05) is 0 Å². The van der Waals surface area contributed by atoms with Gasteiger partial charge in [0.2, 0.25) is 10.0 Å². The molecule has 2 rings (SSSR count). The minimum atomic E-state index is -3.68. The number of sulfonamides is 1. The van der Waals surface area contributed by atoms with Gasteiger partial charge in [0.25, 0.3) is 0 Å². The second-order valence-electron chi connectivity index (χ2n) is 4.24. The quantitative estimate of drug-likeness (QED) is 0.764. The molecule has 9 heteroatoms. The summed E-state index contributed by atoms with van der Waals surface area (Å²) in [6, 6.07) is 4.37. The van der Waals surface area contributed by atoms with Crippen LogP contribution >= 0.6 is 15.9 Å². The summed E-state index contributed by atoms with van der Waals surface area (Å²) in [6.07, 6.45) is 0. The molecule has 0 spiro atoms. The third kappa shape index (κ3) is 3.10. The maximum atomic E-state index is 12.3. The van der Waals surface area contributed by atoms with Crippen LogP contribution in [0.4, 0.5) is 5.69 Å². The zero-order chi connectivity index (χ0) is 14.3. The number of halogens is 1. The Morgan fingerprint density at radius 3 is 2.32 bits per heavy atom. The minimum Gasteiger partial charge on any atom is -0.398 e. The number of sulfone groups is 1. The Morgan fingerprint density at radius 1 is 1.21 bits per heavy atom. The van der Waals surface area contributed by atoms with E-state index in [-0.39, 0.29) is 29.5 Å². The van der Waals surface area contributed by atoms with Gasteiger partial charge in [-0.05, 0) is 34.1 Å². The maximum absolute atomic E-state index is 12.3. The fourth-order valence-corrected chi connectivity index (χ4v) is 4.92. The lowest BCUT2D eigenvalue weighted by Crippen LogP contribution is -2.43. The summed E-state index contributed by atoms with van der Waals surface area (Å²) in [5.74, 6) is -0.281. The lowest BCUT2D eigenvalue weighted by molar-refractivity contribution is 0.431. The number of nitrogens with zero attached hydrogens (tertiary/aromatic N) is 1. The van der Waals surface area contributed by atoms with Crippen LogP contribution in [0.3, 0.4) is 0 Å². The number of rotatable bonds is 2. The Labute approximate surface area is 120 Å². The van der Waals surface area contributed by atoms with Gasteiger partial charge < -0.3 is 5.73 Å². The van der Waals surface area contributed by atoms with Crippen LogP contribution in [0.1, 0.15) is 0 Å². The van der Waals surface area contributed by atoms with E-state index in [1.807, 2.05) is 0 Å². The highest BCUT2D eigenvalue weighted by Crippen LogP contribution is 2.25. The summed E-state index contributed by atoms with van der Waals surface area (Å²) in [7, 11) is -6.79. The molecule has 1 fully saturated rings. The van der Waals surface area contributed by atoms with E-state index in [9.17, 15) is 16.8 Å². The summed E-state index contributed by atoms with van der Waals surface area (Å²) in [5.41, 5.74) is 5.99. The molecule has 106 valence electrons. The summed E-state index contributed by atoms with van der Waals surface area (Å²) in [5, 5.41) is 0. The van der Waals surface area contributed by atoms with Crippen molar-refractivity contribution >= 4 is 41.5 Å². The first-order valence-corrected chi connectivity index (χ1v) is 9.53. The molecule has 0 bridgehead atoms. The molecule has 0 radical (unpaired) electrons. The van der Waals surface area contributed by atoms with Crippen molar-refractivity contribution in [3.05, 3.63) is 22.7 Å². The molecule has 1 aliphatic heterocycles.